The number of para-hydroxylation sites is 1. The van der Waals surface area contributed by atoms with Gasteiger partial charge in [0.1, 0.15) is 18.1 Å². The van der Waals surface area contributed by atoms with Gasteiger partial charge in [0.25, 0.3) is 5.91 Å². The molecule has 20 heavy (non-hydrogen) atoms. The van der Waals surface area contributed by atoms with Crippen molar-refractivity contribution >= 4 is 11.6 Å². The number of aromatic nitrogens is 2. The van der Waals surface area contributed by atoms with Crippen LogP contribution in [0.5, 0.6) is 5.75 Å². The smallest absolute Gasteiger partial charge is 0.271 e. The first-order valence-electron chi connectivity index (χ1n) is 6.34. The normalized spacial score (nSPS) is 10.3. The number of amides is 1. The predicted molar refractivity (Wildman–Crippen MR) is 76.6 cm³/mol. The molecule has 2 rings (SSSR count). The maximum atomic E-state index is 12.0. The third-order valence-corrected chi connectivity index (χ3v) is 2.88. The summed E-state index contributed by atoms with van der Waals surface area (Å²) >= 11 is 0. The van der Waals surface area contributed by atoms with Gasteiger partial charge in [-0.15, -0.1) is 0 Å². The average molecular weight is 274 g/mol. The fourth-order valence-electron chi connectivity index (χ4n) is 1.88. The van der Waals surface area contributed by atoms with Crippen molar-refractivity contribution in [3.05, 3.63) is 41.7 Å². The van der Waals surface area contributed by atoms with E-state index in [2.05, 4.69) is 10.4 Å². The number of nitrogens with zero attached hydrogens (tertiary/aromatic N) is 2. The van der Waals surface area contributed by atoms with Crippen molar-refractivity contribution in [3.63, 3.8) is 0 Å². The van der Waals surface area contributed by atoms with Crippen molar-refractivity contribution in [2.75, 3.05) is 18.9 Å². The molecule has 0 bridgehead atoms. The van der Waals surface area contributed by atoms with Gasteiger partial charge in [0.2, 0.25) is 0 Å². The van der Waals surface area contributed by atoms with Gasteiger partial charge in [-0.1, -0.05) is 18.2 Å². The second-order valence-electron chi connectivity index (χ2n) is 4.39. The Balaban J connectivity index is 1.84. The zero-order valence-corrected chi connectivity index (χ0v) is 11.6. The first-order chi connectivity index (χ1) is 9.59. The molecule has 0 saturated heterocycles. The van der Waals surface area contributed by atoms with Crippen LogP contribution in [0.2, 0.25) is 0 Å². The van der Waals surface area contributed by atoms with Crippen LogP contribution in [0.1, 0.15) is 16.2 Å². The van der Waals surface area contributed by atoms with Crippen LogP contribution in [0.4, 0.5) is 5.69 Å². The second kappa shape index (κ2) is 6.10. The number of carbonyl (C=O) groups excluding carboxylic acids is 1. The number of hydrogen-bond donors (Lipinski definition) is 2. The molecule has 106 valence electrons. The van der Waals surface area contributed by atoms with Gasteiger partial charge < -0.3 is 15.8 Å². The zero-order valence-electron chi connectivity index (χ0n) is 11.6. The lowest BCUT2D eigenvalue weighted by molar-refractivity contribution is 0.0938. The maximum absolute atomic E-state index is 12.0. The molecule has 0 saturated carbocycles. The lowest BCUT2D eigenvalue weighted by Gasteiger charge is -2.08. The van der Waals surface area contributed by atoms with E-state index in [1.165, 1.54) is 4.68 Å². The topological polar surface area (TPSA) is 82.2 Å². The molecule has 6 nitrogen and oxygen atoms in total. The molecular formula is C14H18N4O2. The number of carbonyl (C=O) groups is 1. The van der Waals surface area contributed by atoms with Crippen LogP contribution in [-0.4, -0.2) is 28.8 Å². The molecule has 0 aliphatic heterocycles. The molecule has 0 radical (unpaired) electrons. The Hall–Kier alpha value is -2.50. The van der Waals surface area contributed by atoms with Crippen molar-refractivity contribution < 1.29 is 9.53 Å². The van der Waals surface area contributed by atoms with Crippen LogP contribution in [0.3, 0.4) is 0 Å². The molecule has 1 aromatic heterocycles. The Morgan fingerprint density at radius 3 is 2.70 bits per heavy atom. The van der Waals surface area contributed by atoms with Crippen LogP contribution in [-0.2, 0) is 7.05 Å². The molecule has 3 N–H and O–H groups in total. The third kappa shape index (κ3) is 3.09. The molecule has 0 fully saturated rings. The molecule has 1 aromatic carbocycles. The lowest BCUT2D eigenvalue weighted by Crippen LogP contribution is -2.30. The summed E-state index contributed by atoms with van der Waals surface area (Å²) in [5.74, 6) is 0.528. The highest BCUT2D eigenvalue weighted by molar-refractivity contribution is 5.97. The summed E-state index contributed by atoms with van der Waals surface area (Å²) in [6.45, 7) is 2.56. The van der Waals surface area contributed by atoms with Crippen molar-refractivity contribution in [3.8, 4) is 5.75 Å². The molecule has 0 spiro atoms. The molecule has 1 heterocycles. The summed E-state index contributed by atoms with van der Waals surface area (Å²) in [7, 11) is 1.69. The van der Waals surface area contributed by atoms with Crippen molar-refractivity contribution in [2.24, 2.45) is 7.05 Å². The van der Waals surface area contributed by atoms with Gasteiger partial charge in [-0.2, -0.15) is 5.10 Å². The molecule has 2 aromatic rings. The van der Waals surface area contributed by atoms with E-state index in [0.29, 0.717) is 30.2 Å². The summed E-state index contributed by atoms with van der Waals surface area (Å²) < 4.78 is 6.97. The van der Waals surface area contributed by atoms with E-state index in [-0.39, 0.29) is 5.91 Å². The molecular weight excluding hydrogens is 256 g/mol. The number of benzene rings is 1. The largest absolute Gasteiger partial charge is 0.492 e. The van der Waals surface area contributed by atoms with E-state index in [9.17, 15) is 4.79 Å². The molecule has 0 atom stereocenters. The number of rotatable bonds is 5. The van der Waals surface area contributed by atoms with Gasteiger partial charge in [0.05, 0.1) is 17.9 Å². The van der Waals surface area contributed by atoms with E-state index >= 15 is 0 Å². The Labute approximate surface area is 117 Å². The van der Waals surface area contributed by atoms with Crippen LogP contribution in [0.25, 0.3) is 0 Å². The standard InChI is InChI=1S/C14H18N4O2/c1-10-12(15)13(18(2)17-10)14(19)16-8-9-20-11-6-4-3-5-7-11/h3-7H,8-9,15H2,1-2H3,(H,16,19). The fourth-order valence-corrected chi connectivity index (χ4v) is 1.88. The highest BCUT2D eigenvalue weighted by atomic mass is 16.5. The number of nitrogens with two attached hydrogens (primary N) is 1. The summed E-state index contributed by atoms with van der Waals surface area (Å²) in [6.07, 6.45) is 0. The van der Waals surface area contributed by atoms with Crippen molar-refractivity contribution in [2.45, 2.75) is 6.92 Å². The second-order valence-corrected chi connectivity index (χ2v) is 4.39. The quantitative estimate of drug-likeness (QED) is 0.800. The molecule has 0 aliphatic carbocycles. The van der Waals surface area contributed by atoms with Gasteiger partial charge in [0, 0.05) is 7.05 Å². The monoisotopic (exact) mass is 274 g/mol. The van der Waals surface area contributed by atoms with E-state index in [4.69, 9.17) is 10.5 Å². The summed E-state index contributed by atoms with van der Waals surface area (Å²) in [5.41, 5.74) is 7.26. The Kier molecular flexibility index (Phi) is 4.24. The Morgan fingerprint density at radius 1 is 1.40 bits per heavy atom. The van der Waals surface area contributed by atoms with E-state index in [1.54, 1.807) is 14.0 Å². The van der Waals surface area contributed by atoms with Gasteiger partial charge in [-0.25, -0.2) is 0 Å². The van der Waals surface area contributed by atoms with Crippen LogP contribution < -0.4 is 15.8 Å². The van der Waals surface area contributed by atoms with Gasteiger partial charge in [0.15, 0.2) is 0 Å². The minimum Gasteiger partial charge on any atom is -0.492 e. The number of nitrogen functional groups attached to an aromatic ring is 1. The van der Waals surface area contributed by atoms with Crippen molar-refractivity contribution in [1.29, 1.82) is 0 Å². The lowest BCUT2D eigenvalue weighted by atomic mass is 10.3. The molecule has 6 heteroatoms. The van der Waals surface area contributed by atoms with Crippen LogP contribution >= 0.6 is 0 Å². The van der Waals surface area contributed by atoms with Gasteiger partial charge in [-0.3, -0.25) is 9.48 Å². The first-order valence-corrected chi connectivity index (χ1v) is 6.34. The Morgan fingerprint density at radius 2 is 2.10 bits per heavy atom. The Bertz CT molecular complexity index is 593. The highest BCUT2D eigenvalue weighted by Crippen LogP contribution is 2.14. The van der Waals surface area contributed by atoms with Crippen LogP contribution in [0, 0.1) is 6.92 Å². The van der Waals surface area contributed by atoms with E-state index < -0.39 is 0 Å². The van der Waals surface area contributed by atoms with Crippen LogP contribution in [0.15, 0.2) is 30.3 Å². The third-order valence-electron chi connectivity index (χ3n) is 2.88. The highest BCUT2D eigenvalue weighted by Gasteiger charge is 2.17. The van der Waals surface area contributed by atoms with E-state index in [0.717, 1.165) is 5.75 Å². The van der Waals surface area contributed by atoms with E-state index in [1.807, 2.05) is 30.3 Å². The van der Waals surface area contributed by atoms with Crippen molar-refractivity contribution in [1.82, 2.24) is 15.1 Å². The fraction of sp³-hybridized carbons (Fsp3) is 0.286. The predicted octanol–water partition coefficient (Wildman–Crippen LogP) is 1.12. The zero-order chi connectivity index (χ0) is 14.5. The minimum absolute atomic E-state index is 0.248. The summed E-state index contributed by atoms with van der Waals surface area (Å²) in [6, 6.07) is 9.44. The number of hydrogen-bond acceptors (Lipinski definition) is 4. The first kappa shape index (κ1) is 13.9. The number of aryl methyl sites for hydroxylation is 2. The molecule has 0 aliphatic rings. The molecule has 0 unspecified atom stereocenters. The number of nitrogens with one attached hydrogen (secondary N) is 1. The molecule has 1 amide bonds. The number of anilines is 1. The summed E-state index contributed by atoms with van der Waals surface area (Å²) in [4.78, 5) is 12.0. The average Bonchev–Trinajstić information content (AvgIpc) is 2.69. The van der Waals surface area contributed by atoms with Gasteiger partial charge in [-0.05, 0) is 19.1 Å². The number of ether oxygens (including phenoxy) is 1. The van der Waals surface area contributed by atoms with Gasteiger partial charge >= 0.3 is 0 Å². The SMILES string of the molecule is Cc1nn(C)c(C(=O)NCCOc2ccccc2)c1N. The minimum atomic E-state index is -0.248. The maximum Gasteiger partial charge on any atom is 0.271 e. The summed E-state index contributed by atoms with van der Waals surface area (Å²) in [5, 5.41) is 6.87.